The summed E-state index contributed by atoms with van der Waals surface area (Å²) in [6.45, 7) is 12.4. The smallest absolute Gasteiger partial charge is 0.315 e. The van der Waals surface area contributed by atoms with Crippen molar-refractivity contribution >= 4 is 0 Å². The lowest BCUT2D eigenvalue weighted by Crippen LogP contribution is -2.74. The Labute approximate surface area is 107 Å². The first kappa shape index (κ1) is 14.9. The second-order valence-corrected chi connectivity index (χ2v) is 6.46. The van der Waals surface area contributed by atoms with Crippen molar-refractivity contribution < 1.29 is 29.1 Å². The molecule has 0 radical (unpaired) electrons. The first-order valence-electron chi connectivity index (χ1n) is 5.93. The summed E-state index contributed by atoms with van der Waals surface area (Å²) in [7, 11) is -2.17. The molecule has 17 heavy (non-hydrogen) atoms. The Balaban J connectivity index is 3.21. The highest BCUT2D eigenvalue weighted by Crippen LogP contribution is 2.46. The average Bonchev–Trinajstić information content (AvgIpc) is 2.13. The maximum atomic E-state index is 11.0. The van der Waals surface area contributed by atoms with Crippen molar-refractivity contribution in [3.63, 3.8) is 0 Å². The Morgan fingerprint density at radius 3 is 2.06 bits per heavy atom. The standard InChI is InChI=1S/C12H23ClNO3/c1-6-10-14(17-13(15)16)11(2,3)8-7-9-12(14,4)5/h6H,1,7-10H2,2-5H3/q+1. The molecule has 0 aromatic rings. The van der Waals surface area contributed by atoms with Crippen LogP contribution >= 0.6 is 0 Å². The fraction of sp³-hybridized carbons (Fsp3) is 0.833. The summed E-state index contributed by atoms with van der Waals surface area (Å²) in [5.74, 6) is 0. The number of hydroxylamine groups is 3. The normalized spacial score (nSPS) is 25.8. The predicted molar refractivity (Wildman–Crippen MR) is 58.4 cm³/mol. The zero-order valence-corrected chi connectivity index (χ0v) is 11.9. The molecule has 0 spiro atoms. The molecule has 1 aliphatic heterocycles. The largest absolute Gasteiger partial charge is 0.353 e. The van der Waals surface area contributed by atoms with Crippen LogP contribution in [-0.2, 0) is 4.39 Å². The van der Waals surface area contributed by atoms with E-state index in [0.29, 0.717) is 6.54 Å². The van der Waals surface area contributed by atoms with Crippen LogP contribution in [0.4, 0.5) is 0 Å². The Morgan fingerprint density at radius 1 is 1.24 bits per heavy atom. The van der Waals surface area contributed by atoms with Crippen molar-refractivity contribution in [1.29, 1.82) is 0 Å². The summed E-state index contributed by atoms with van der Waals surface area (Å²) in [6.07, 6.45) is 4.70. The molecule has 0 bridgehead atoms. The van der Waals surface area contributed by atoms with E-state index in [1.54, 1.807) is 6.08 Å². The SMILES string of the molecule is C=CC[N+]1(O[Cl+2]([O-])[O-])C(C)(C)CCCC1(C)C. The number of hydrogen-bond donors (Lipinski definition) is 0. The topological polar surface area (TPSA) is 55.3 Å². The molecule has 0 N–H and O–H groups in total. The quantitative estimate of drug-likeness (QED) is 0.556. The molecule has 0 aromatic heterocycles. The van der Waals surface area contributed by atoms with Crippen LogP contribution in [0.2, 0.25) is 0 Å². The number of nitrogens with zero attached hydrogens (tertiary/aromatic N) is 1. The van der Waals surface area contributed by atoms with Gasteiger partial charge in [-0.2, -0.15) is 0 Å². The van der Waals surface area contributed by atoms with Crippen molar-refractivity contribution in [2.24, 2.45) is 0 Å². The third kappa shape index (κ3) is 2.51. The van der Waals surface area contributed by atoms with Crippen LogP contribution in [-0.4, -0.2) is 22.3 Å². The van der Waals surface area contributed by atoms with Crippen LogP contribution in [0.1, 0.15) is 47.0 Å². The fourth-order valence-corrected chi connectivity index (χ4v) is 3.74. The van der Waals surface area contributed by atoms with E-state index in [0.717, 1.165) is 19.3 Å². The molecular formula is C12H23ClNO3+. The van der Waals surface area contributed by atoms with E-state index in [-0.39, 0.29) is 15.7 Å². The van der Waals surface area contributed by atoms with E-state index in [1.165, 1.54) is 0 Å². The highest BCUT2D eigenvalue weighted by molar-refractivity contribution is 4.86. The molecule has 1 saturated heterocycles. The maximum Gasteiger partial charge on any atom is 0.353 e. The van der Waals surface area contributed by atoms with E-state index in [1.807, 2.05) is 0 Å². The van der Waals surface area contributed by atoms with Gasteiger partial charge in [-0.25, -0.2) is 0 Å². The number of halogens is 1. The molecule has 0 aromatic carbocycles. The van der Waals surface area contributed by atoms with Crippen LogP contribution in [0.15, 0.2) is 12.7 Å². The van der Waals surface area contributed by atoms with Crippen LogP contribution in [0.5, 0.6) is 0 Å². The molecule has 100 valence electrons. The van der Waals surface area contributed by atoms with Crippen LogP contribution < -0.4 is 9.32 Å². The van der Waals surface area contributed by atoms with E-state index in [9.17, 15) is 9.32 Å². The number of likely N-dealkylation sites (tertiary alicyclic amines) is 1. The third-order valence-corrected chi connectivity index (χ3v) is 4.44. The molecule has 0 amide bonds. The van der Waals surface area contributed by atoms with Crippen molar-refractivity contribution in [1.82, 2.24) is 0 Å². The van der Waals surface area contributed by atoms with Gasteiger partial charge in [-0.05, 0) is 40.2 Å². The molecule has 1 fully saturated rings. The summed E-state index contributed by atoms with van der Waals surface area (Å²) in [5, 5.41) is 0. The van der Waals surface area contributed by atoms with Gasteiger partial charge in [-0.1, -0.05) is 11.2 Å². The molecule has 4 nitrogen and oxygen atoms in total. The van der Waals surface area contributed by atoms with Crippen LogP contribution in [0.25, 0.3) is 0 Å². The molecule has 0 atom stereocenters. The number of hydrogen-bond acceptors (Lipinski definition) is 3. The maximum absolute atomic E-state index is 11.0. The predicted octanol–water partition coefficient (Wildman–Crippen LogP) is 0.748. The number of piperidine rings is 1. The van der Waals surface area contributed by atoms with E-state index < -0.39 is 10.8 Å². The number of rotatable bonds is 4. The Morgan fingerprint density at radius 2 is 1.71 bits per heavy atom. The molecular weight excluding hydrogens is 242 g/mol. The minimum Gasteiger partial charge on any atom is -0.315 e. The molecule has 1 aliphatic rings. The van der Waals surface area contributed by atoms with Crippen molar-refractivity contribution in [3.8, 4) is 0 Å². The Kier molecular flexibility index (Phi) is 4.27. The monoisotopic (exact) mass is 264 g/mol. The highest BCUT2D eigenvalue weighted by atomic mass is 35.6. The van der Waals surface area contributed by atoms with Crippen LogP contribution in [0.3, 0.4) is 0 Å². The van der Waals surface area contributed by atoms with E-state index in [2.05, 4.69) is 34.3 Å². The lowest BCUT2D eigenvalue weighted by molar-refractivity contribution is -1.70. The first-order valence-corrected chi connectivity index (χ1v) is 6.86. The molecule has 0 saturated carbocycles. The van der Waals surface area contributed by atoms with Gasteiger partial charge in [0.05, 0.1) is 0 Å². The van der Waals surface area contributed by atoms with Gasteiger partial charge in [0.2, 0.25) is 4.39 Å². The lowest BCUT2D eigenvalue weighted by atomic mass is 9.79. The molecule has 5 heteroatoms. The van der Waals surface area contributed by atoms with E-state index >= 15 is 0 Å². The fourth-order valence-electron chi connectivity index (χ4n) is 3.12. The minimum atomic E-state index is -2.17. The minimum absolute atomic E-state index is 0.0804. The zero-order valence-electron chi connectivity index (χ0n) is 11.2. The van der Waals surface area contributed by atoms with Gasteiger partial charge in [-0.3, -0.25) is 0 Å². The Bertz CT molecular complexity index is 273. The Hall–Kier alpha value is -0.130. The summed E-state index contributed by atoms with van der Waals surface area (Å²) in [5.41, 5.74) is -0.499. The van der Waals surface area contributed by atoms with Gasteiger partial charge in [0.1, 0.15) is 17.6 Å². The van der Waals surface area contributed by atoms with Gasteiger partial charge >= 0.3 is 10.8 Å². The van der Waals surface area contributed by atoms with Crippen LogP contribution in [0, 0.1) is 10.8 Å². The third-order valence-electron chi connectivity index (χ3n) is 4.09. The lowest BCUT2D eigenvalue weighted by Gasteiger charge is -2.52. The summed E-state index contributed by atoms with van der Waals surface area (Å²) >= 11 is 0. The van der Waals surface area contributed by atoms with Gasteiger partial charge in [0, 0.05) is 12.8 Å². The summed E-state index contributed by atoms with van der Waals surface area (Å²) in [4.78, 5) is 0. The van der Waals surface area contributed by atoms with Crippen molar-refractivity contribution in [3.05, 3.63) is 12.7 Å². The molecule has 1 heterocycles. The van der Waals surface area contributed by atoms with E-state index in [4.69, 9.17) is 4.39 Å². The molecule has 1 rings (SSSR count). The van der Waals surface area contributed by atoms with Crippen molar-refractivity contribution in [2.75, 3.05) is 6.54 Å². The molecule has 0 unspecified atom stereocenters. The van der Waals surface area contributed by atoms with Gasteiger partial charge in [0.15, 0.2) is 0 Å². The van der Waals surface area contributed by atoms with Gasteiger partial charge < -0.3 is 9.32 Å². The number of quaternary nitrogens is 1. The average molecular weight is 265 g/mol. The molecule has 0 aliphatic carbocycles. The first-order chi connectivity index (χ1) is 7.68. The second kappa shape index (κ2) is 4.86. The highest BCUT2D eigenvalue weighted by Gasteiger charge is 2.64. The summed E-state index contributed by atoms with van der Waals surface area (Å²) in [6, 6.07) is 0. The van der Waals surface area contributed by atoms with Crippen molar-refractivity contribution in [2.45, 2.75) is 58.0 Å². The zero-order chi connectivity index (χ0) is 13.3. The van der Waals surface area contributed by atoms with Gasteiger partial charge in [-0.15, -0.1) is 0 Å². The summed E-state index contributed by atoms with van der Waals surface area (Å²) < 4.78 is 27.4. The second-order valence-electron chi connectivity index (χ2n) is 5.95. The van der Waals surface area contributed by atoms with Gasteiger partial charge in [0.25, 0.3) is 0 Å².